The van der Waals surface area contributed by atoms with Gasteiger partial charge in [-0.2, -0.15) is 11.8 Å². The number of para-hydroxylation sites is 1. The van der Waals surface area contributed by atoms with Crippen LogP contribution in [0.4, 0.5) is 0 Å². The zero-order valence-electron chi connectivity index (χ0n) is 11.9. The molecule has 0 heterocycles. The van der Waals surface area contributed by atoms with Gasteiger partial charge in [-0.1, -0.05) is 25.1 Å². The summed E-state index contributed by atoms with van der Waals surface area (Å²) >= 11 is 1.89. The highest BCUT2D eigenvalue weighted by atomic mass is 32.2. The molecule has 1 rings (SSSR count). The molecule has 2 nitrogen and oxygen atoms in total. The van der Waals surface area contributed by atoms with Gasteiger partial charge in [-0.3, -0.25) is 0 Å². The Labute approximate surface area is 116 Å². The summed E-state index contributed by atoms with van der Waals surface area (Å²) in [6.45, 7) is 7.23. The first-order chi connectivity index (χ1) is 8.67. The fraction of sp³-hybridized carbons (Fsp3) is 0.600. The van der Waals surface area contributed by atoms with Crippen molar-refractivity contribution in [3.63, 3.8) is 0 Å². The van der Waals surface area contributed by atoms with Crippen LogP contribution in [0.15, 0.2) is 24.3 Å². The van der Waals surface area contributed by atoms with Crippen molar-refractivity contribution in [2.45, 2.75) is 45.9 Å². The second kappa shape index (κ2) is 8.44. The lowest BCUT2D eigenvalue weighted by molar-refractivity contribution is 0.239. The molecule has 0 aliphatic heterocycles. The predicted octanol–water partition coefficient (Wildman–Crippen LogP) is 3.71. The zero-order chi connectivity index (χ0) is 13.4. The Morgan fingerprint density at radius 2 is 2.00 bits per heavy atom. The fourth-order valence-electron chi connectivity index (χ4n) is 1.80. The van der Waals surface area contributed by atoms with Gasteiger partial charge in [-0.25, -0.2) is 0 Å². The third-order valence-electron chi connectivity index (χ3n) is 2.78. The summed E-state index contributed by atoms with van der Waals surface area (Å²) < 4.78 is 5.83. The first-order valence-corrected chi connectivity index (χ1v) is 8.03. The first-order valence-electron chi connectivity index (χ1n) is 6.64. The molecule has 1 aromatic carbocycles. The van der Waals surface area contributed by atoms with Gasteiger partial charge < -0.3 is 10.1 Å². The second-order valence-corrected chi connectivity index (χ2v) is 5.63. The Kier molecular flexibility index (Phi) is 7.21. The van der Waals surface area contributed by atoms with E-state index in [1.165, 1.54) is 5.56 Å². The van der Waals surface area contributed by atoms with Crippen LogP contribution >= 0.6 is 11.8 Å². The normalized spacial score (nSPS) is 12.7. The van der Waals surface area contributed by atoms with E-state index in [1.54, 1.807) is 0 Å². The minimum absolute atomic E-state index is 0.222. The van der Waals surface area contributed by atoms with Crippen LogP contribution in [0.2, 0.25) is 0 Å². The standard InChI is InChI=1S/C15H25NOS/c1-5-14(11-18-4)16-10-13-8-6-7-9-15(13)17-12(2)3/h6-9,12,14,16H,5,10-11H2,1-4H3. The molecule has 0 aliphatic rings. The van der Waals surface area contributed by atoms with Crippen molar-refractivity contribution in [3.05, 3.63) is 29.8 Å². The summed E-state index contributed by atoms with van der Waals surface area (Å²) in [6, 6.07) is 8.86. The van der Waals surface area contributed by atoms with Crippen molar-refractivity contribution < 1.29 is 4.74 Å². The highest BCUT2D eigenvalue weighted by Crippen LogP contribution is 2.19. The molecular formula is C15H25NOS. The van der Waals surface area contributed by atoms with Crippen molar-refractivity contribution in [3.8, 4) is 5.75 Å². The van der Waals surface area contributed by atoms with Crippen molar-refractivity contribution >= 4 is 11.8 Å². The summed E-state index contributed by atoms with van der Waals surface area (Å²) in [7, 11) is 0. The minimum atomic E-state index is 0.222. The quantitative estimate of drug-likeness (QED) is 0.776. The smallest absolute Gasteiger partial charge is 0.124 e. The van der Waals surface area contributed by atoms with Crippen LogP contribution in [0.3, 0.4) is 0 Å². The molecule has 1 aromatic rings. The molecule has 0 bridgehead atoms. The van der Waals surface area contributed by atoms with Crippen LogP contribution in [0, 0.1) is 0 Å². The maximum atomic E-state index is 5.83. The van der Waals surface area contributed by atoms with Crippen molar-refractivity contribution in [2.75, 3.05) is 12.0 Å². The number of thioether (sulfide) groups is 1. The molecule has 1 unspecified atom stereocenters. The average Bonchev–Trinajstić information content (AvgIpc) is 2.35. The highest BCUT2D eigenvalue weighted by molar-refractivity contribution is 7.98. The Bertz CT molecular complexity index is 341. The van der Waals surface area contributed by atoms with Crippen molar-refractivity contribution in [2.24, 2.45) is 0 Å². The van der Waals surface area contributed by atoms with Gasteiger partial charge in [-0.05, 0) is 32.6 Å². The second-order valence-electron chi connectivity index (χ2n) is 4.72. The molecule has 0 saturated heterocycles. The highest BCUT2D eigenvalue weighted by Gasteiger charge is 2.08. The van der Waals surface area contributed by atoms with Crippen LogP contribution in [-0.2, 0) is 6.54 Å². The summed E-state index contributed by atoms with van der Waals surface area (Å²) in [5.74, 6) is 2.16. The Morgan fingerprint density at radius 3 is 2.61 bits per heavy atom. The lowest BCUT2D eigenvalue weighted by atomic mass is 10.1. The molecule has 0 saturated carbocycles. The van der Waals surface area contributed by atoms with Gasteiger partial charge in [0.25, 0.3) is 0 Å². The van der Waals surface area contributed by atoms with Crippen molar-refractivity contribution in [1.29, 1.82) is 0 Å². The van der Waals surface area contributed by atoms with E-state index in [-0.39, 0.29) is 6.10 Å². The molecule has 18 heavy (non-hydrogen) atoms. The Hall–Kier alpha value is -0.670. The largest absolute Gasteiger partial charge is 0.491 e. The summed E-state index contributed by atoms with van der Waals surface area (Å²) in [4.78, 5) is 0. The molecule has 3 heteroatoms. The lowest BCUT2D eigenvalue weighted by Gasteiger charge is -2.18. The third kappa shape index (κ3) is 5.32. The van der Waals surface area contributed by atoms with Crippen LogP contribution in [0.5, 0.6) is 5.75 Å². The predicted molar refractivity (Wildman–Crippen MR) is 81.5 cm³/mol. The molecule has 0 amide bonds. The van der Waals surface area contributed by atoms with Gasteiger partial charge >= 0.3 is 0 Å². The fourth-order valence-corrected chi connectivity index (χ4v) is 2.55. The van der Waals surface area contributed by atoms with Crippen LogP contribution in [-0.4, -0.2) is 24.2 Å². The van der Waals surface area contributed by atoms with Gasteiger partial charge in [0.1, 0.15) is 5.75 Å². The summed E-state index contributed by atoms with van der Waals surface area (Å²) in [5, 5.41) is 3.60. The molecule has 0 fully saturated rings. The van der Waals surface area contributed by atoms with E-state index in [1.807, 2.05) is 23.9 Å². The summed E-state index contributed by atoms with van der Waals surface area (Å²) in [5.41, 5.74) is 1.24. The number of hydrogen-bond acceptors (Lipinski definition) is 3. The zero-order valence-corrected chi connectivity index (χ0v) is 12.7. The third-order valence-corrected chi connectivity index (χ3v) is 3.51. The van der Waals surface area contributed by atoms with Gasteiger partial charge in [-0.15, -0.1) is 0 Å². The lowest BCUT2D eigenvalue weighted by Crippen LogP contribution is -2.30. The van der Waals surface area contributed by atoms with E-state index in [2.05, 4.69) is 44.5 Å². The van der Waals surface area contributed by atoms with E-state index in [0.717, 1.165) is 24.5 Å². The minimum Gasteiger partial charge on any atom is -0.491 e. The molecule has 102 valence electrons. The van der Waals surface area contributed by atoms with Gasteiger partial charge in [0.05, 0.1) is 6.10 Å². The first kappa shape index (κ1) is 15.4. The number of hydrogen-bond donors (Lipinski definition) is 1. The molecule has 1 N–H and O–H groups in total. The van der Waals surface area contributed by atoms with E-state index in [4.69, 9.17) is 4.74 Å². The monoisotopic (exact) mass is 267 g/mol. The molecule has 0 aliphatic carbocycles. The Balaban J connectivity index is 2.60. The Morgan fingerprint density at radius 1 is 1.28 bits per heavy atom. The number of benzene rings is 1. The maximum absolute atomic E-state index is 5.83. The van der Waals surface area contributed by atoms with Crippen LogP contribution in [0.25, 0.3) is 0 Å². The molecule has 1 atom stereocenters. The number of ether oxygens (including phenoxy) is 1. The summed E-state index contributed by atoms with van der Waals surface area (Å²) in [6.07, 6.45) is 3.54. The molecule has 0 radical (unpaired) electrons. The van der Waals surface area contributed by atoms with E-state index in [9.17, 15) is 0 Å². The van der Waals surface area contributed by atoms with Crippen LogP contribution < -0.4 is 10.1 Å². The van der Waals surface area contributed by atoms with Gasteiger partial charge in [0.15, 0.2) is 0 Å². The molecule has 0 aromatic heterocycles. The molecular weight excluding hydrogens is 242 g/mol. The number of nitrogens with one attached hydrogen (secondary N) is 1. The average molecular weight is 267 g/mol. The van der Waals surface area contributed by atoms with E-state index in [0.29, 0.717) is 6.04 Å². The number of rotatable bonds is 8. The van der Waals surface area contributed by atoms with Crippen molar-refractivity contribution in [1.82, 2.24) is 5.32 Å². The van der Waals surface area contributed by atoms with E-state index >= 15 is 0 Å². The van der Waals surface area contributed by atoms with Crippen LogP contribution in [0.1, 0.15) is 32.8 Å². The topological polar surface area (TPSA) is 21.3 Å². The SMILES string of the molecule is CCC(CSC)NCc1ccccc1OC(C)C. The van der Waals surface area contributed by atoms with E-state index < -0.39 is 0 Å². The molecule has 0 spiro atoms. The van der Waals surface area contributed by atoms with Gasteiger partial charge in [0, 0.05) is 23.9 Å². The van der Waals surface area contributed by atoms with Gasteiger partial charge in [0.2, 0.25) is 0 Å². The maximum Gasteiger partial charge on any atom is 0.124 e.